The summed E-state index contributed by atoms with van der Waals surface area (Å²) >= 11 is 0.868. The summed E-state index contributed by atoms with van der Waals surface area (Å²) in [6.45, 7) is 8.33. The summed E-state index contributed by atoms with van der Waals surface area (Å²) in [5.41, 5.74) is 1.49. The number of nitrogens with zero attached hydrogens (tertiary/aromatic N) is 8. The monoisotopic (exact) mass is 553 g/mol. The number of anilines is 3. The molecule has 13 heteroatoms. The minimum absolute atomic E-state index is 0.305. The summed E-state index contributed by atoms with van der Waals surface area (Å²) in [6.07, 6.45) is 4.88. The van der Waals surface area contributed by atoms with Gasteiger partial charge in [0.1, 0.15) is 12.4 Å². The summed E-state index contributed by atoms with van der Waals surface area (Å²) < 4.78 is 5.94. The fourth-order valence-corrected chi connectivity index (χ4v) is 5.38. The van der Waals surface area contributed by atoms with Crippen LogP contribution in [0.15, 0.2) is 17.0 Å². The quantitative estimate of drug-likeness (QED) is 0.482. The molecule has 3 aliphatic rings. The lowest BCUT2D eigenvalue weighted by Gasteiger charge is -2.25. The standard InChI is InChI=1S/C26H35N9O3S/c1-18-15-21(29-24(27-18)34-7-4-5-8-34)33-9-6-10-35(12-11-33)25-28-19(16-20-23(36)31-26(37)39-20)17-22(30-25)38-14-13-32(2)3/h15-17H,4-14H2,1-3H3,(H,31,36,37). The Morgan fingerprint density at radius 1 is 0.923 bits per heavy atom. The smallest absolute Gasteiger partial charge is 0.290 e. The number of hydrogen-bond donors (Lipinski definition) is 1. The second kappa shape index (κ2) is 12.2. The average Bonchev–Trinajstić information content (AvgIpc) is 3.45. The Morgan fingerprint density at radius 2 is 1.62 bits per heavy atom. The Hall–Kier alpha value is -3.45. The Balaban J connectivity index is 1.35. The molecule has 0 aromatic carbocycles. The van der Waals surface area contributed by atoms with E-state index in [0.717, 1.165) is 74.9 Å². The topological polar surface area (TPSA) is 120 Å². The second-order valence-corrected chi connectivity index (χ2v) is 11.1. The lowest BCUT2D eigenvalue weighted by molar-refractivity contribution is -0.115. The normalized spacial score (nSPS) is 19.3. The van der Waals surface area contributed by atoms with Crippen LogP contribution in [0.5, 0.6) is 5.88 Å². The van der Waals surface area contributed by atoms with Gasteiger partial charge in [0.05, 0.1) is 10.6 Å². The Morgan fingerprint density at radius 3 is 2.36 bits per heavy atom. The van der Waals surface area contributed by atoms with Gasteiger partial charge in [-0.05, 0) is 58.1 Å². The number of aromatic nitrogens is 4. The molecule has 2 amide bonds. The van der Waals surface area contributed by atoms with Crippen molar-refractivity contribution in [3.63, 3.8) is 0 Å². The van der Waals surface area contributed by atoms with Crippen molar-refractivity contribution in [2.24, 2.45) is 0 Å². The van der Waals surface area contributed by atoms with Crippen LogP contribution in [0.25, 0.3) is 6.08 Å². The van der Waals surface area contributed by atoms with E-state index in [1.54, 1.807) is 12.1 Å². The lowest BCUT2D eigenvalue weighted by Crippen LogP contribution is -2.32. The molecule has 5 rings (SSSR count). The molecule has 0 aliphatic carbocycles. The minimum atomic E-state index is -0.418. The molecule has 3 saturated heterocycles. The van der Waals surface area contributed by atoms with Gasteiger partial charge < -0.3 is 24.3 Å². The number of carbonyl (C=O) groups is 2. The maximum atomic E-state index is 12.1. The number of nitrogens with one attached hydrogen (secondary N) is 1. The van der Waals surface area contributed by atoms with Crippen molar-refractivity contribution in [3.8, 4) is 5.88 Å². The number of likely N-dealkylation sites (N-methyl/N-ethyl adjacent to an activating group) is 1. The van der Waals surface area contributed by atoms with Crippen molar-refractivity contribution in [1.29, 1.82) is 0 Å². The van der Waals surface area contributed by atoms with Crippen molar-refractivity contribution in [2.45, 2.75) is 26.2 Å². The highest BCUT2D eigenvalue weighted by Gasteiger charge is 2.26. The van der Waals surface area contributed by atoms with Crippen LogP contribution in [-0.2, 0) is 4.79 Å². The molecule has 0 bridgehead atoms. The molecular weight excluding hydrogens is 518 g/mol. The molecule has 2 aromatic rings. The van der Waals surface area contributed by atoms with Crippen molar-refractivity contribution in [1.82, 2.24) is 30.2 Å². The van der Waals surface area contributed by atoms with E-state index in [1.807, 2.05) is 25.9 Å². The van der Waals surface area contributed by atoms with E-state index in [9.17, 15) is 9.59 Å². The van der Waals surface area contributed by atoms with Crippen LogP contribution < -0.4 is 24.8 Å². The maximum absolute atomic E-state index is 12.1. The number of rotatable bonds is 8. The van der Waals surface area contributed by atoms with Crippen molar-refractivity contribution in [3.05, 3.63) is 28.4 Å². The van der Waals surface area contributed by atoms with Crippen molar-refractivity contribution < 1.29 is 14.3 Å². The highest BCUT2D eigenvalue weighted by molar-refractivity contribution is 8.18. The van der Waals surface area contributed by atoms with Crippen LogP contribution in [0.3, 0.4) is 0 Å². The Kier molecular flexibility index (Phi) is 8.46. The third kappa shape index (κ3) is 6.95. The predicted octanol–water partition coefficient (Wildman–Crippen LogP) is 2.16. The van der Waals surface area contributed by atoms with Crippen LogP contribution in [-0.4, -0.2) is 102 Å². The first-order valence-corrected chi connectivity index (χ1v) is 14.2. The van der Waals surface area contributed by atoms with Gasteiger partial charge in [-0.3, -0.25) is 14.9 Å². The van der Waals surface area contributed by atoms with Gasteiger partial charge in [0, 0.05) is 63.6 Å². The molecular formula is C26H35N9O3S. The average molecular weight is 554 g/mol. The molecule has 39 heavy (non-hydrogen) atoms. The van der Waals surface area contributed by atoms with E-state index in [0.29, 0.717) is 35.6 Å². The first-order chi connectivity index (χ1) is 18.8. The molecule has 12 nitrogen and oxygen atoms in total. The van der Waals surface area contributed by atoms with Gasteiger partial charge in [-0.2, -0.15) is 9.97 Å². The predicted molar refractivity (Wildman–Crippen MR) is 152 cm³/mol. The van der Waals surface area contributed by atoms with E-state index in [2.05, 4.69) is 31.1 Å². The molecule has 3 fully saturated rings. The van der Waals surface area contributed by atoms with E-state index in [1.165, 1.54) is 12.8 Å². The summed E-state index contributed by atoms with van der Waals surface area (Å²) in [7, 11) is 3.96. The Bertz CT molecular complexity index is 1250. The fourth-order valence-electron chi connectivity index (χ4n) is 4.71. The highest BCUT2D eigenvalue weighted by atomic mass is 32.2. The number of hydrogen-bond acceptors (Lipinski definition) is 12. The van der Waals surface area contributed by atoms with Gasteiger partial charge >= 0.3 is 0 Å². The summed E-state index contributed by atoms with van der Waals surface area (Å²) in [4.78, 5) is 51.9. The molecule has 0 spiro atoms. The van der Waals surface area contributed by atoms with Gasteiger partial charge in [0.15, 0.2) is 0 Å². The minimum Gasteiger partial charge on any atom is -0.476 e. The first kappa shape index (κ1) is 27.1. The molecule has 5 heterocycles. The number of imide groups is 1. The third-order valence-electron chi connectivity index (χ3n) is 6.74. The van der Waals surface area contributed by atoms with Crippen LogP contribution in [0, 0.1) is 6.92 Å². The van der Waals surface area contributed by atoms with E-state index in [-0.39, 0.29) is 5.24 Å². The SMILES string of the molecule is Cc1cc(N2CCCN(c3nc(C=C4SC(=O)NC4=O)cc(OCCN(C)C)n3)CC2)nc(N2CCCC2)n1. The number of ether oxygens (including phenoxy) is 1. The first-order valence-electron chi connectivity index (χ1n) is 13.4. The second-order valence-electron chi connectivity index (χ2n) is 10.1. The zero-order valence-corrected chi connectivity index (χ0v) is 23.5. The number of amides is 2. The molecule has 3 aliphatic heterocycles. The Labute approximate surface area is 232 Å². The zero-order chi connectivity index (χ0) is 27.4. The van der Waals surface area contributed by atoms with Crippen LogP contribution >= 0.6 is 11.8 Å². The lowest BCUT2D eigenvalue weighted by atomic mass is 10.3. The molecule has 2 aromatic heterocycles. The molecule has 1 N–H and O–H groups in total. The van der Waals surface area contributed by atoms with E-state index in [4.69, 9.17) is 19.7 Å². The van der Waals surface area contributed by atoms with Crippen molar-refractivity contribution in [2.75, 3.05) is 81.2 Å². The van der Waals surface area contributed by atoms with Gasteiger partial charge in [0.25, 0.3) is 11.1 Å². The third-order valence-corrected chi connectivity index (χ3v) is 7.55. The van der Waals surface area contributed by atoms with Gasteiger partial charge in [-0.15, -0.1) is 0 Å². The summed E-state index contributed by atoms with van der Waals surface area (Å²) in [5, 5.41) is 1.90. The number of thioether (sulfide) groups is 1. The van der Waals surface area contributed by atoms with Crippen LogP contribution in [0.1, 0.15) is 30.7 Å². The van der Waals surface area contributed by atoms with Gasteiger partial charge in [-0.1, -0.05) is 0 Å². The fraction of sp³-hybridized carbons (Fsp3) is 0.538. The molecule has 0 unspecified atom stereocenters. The van der Waals surface area contributed by atoms with Crippen LogP contribution in [0.2, 0.25) is 0 Å². The molecule has 208 valence electrons. The van der Waals surface area contributed by atoms with E-state index >= 15 is 0 Å². The highest BCUT2D eigenvalue weighted by Crippen LogP contribution is 2.27. The van der Waals surface area contributed by atoms with E-state index < -0.39 is 5.91 Å². The largest absolute Gasteiger partial charge is 0.476 e. The summed E-state index contributed by atoms with van der Waals surface area (Å²) in [6, 6.07) is 3.76. The number of carbonyl (C=O) groups excluding carboxylic acids is 2. The molecule has 0 saturated carbocycles. The van der Waals surface area contributed by atoms with Crippen molar-refractivity contribution >= 4 is 46.7 Å². The zero-order valence-electron chi connectivity index (χ0n) is 22.7. The molecule has 0 radical (unpaired) electrons. The van der Waals surface area contributed by atoms with Gasteiger partial charge in [-0.25, -0.2) is 9.97 Å². The van der Waals surface area contributed by atoms with Crippen LogP contribution in [0.4, 0.5) is 22.5 Å². The maximum Gasteiger partial charge on any atom is 0.290 e. The van der Waals surface area contributed by atoms with Gasteiger partial charge in [0.2, 0.25) is 17.8 Å². The molecule has 0 atom stereocenters. The summed E-state index contributed by atoms with van der Waals surface area (Å²) in [5.74, 6) is 2.33. The number of aryl methyl sites for hydroxylation is 1.